The number of fused-ring (bicyclic) bond motifs is 1. The monoisotopic (exact) mass is 627 g/mol. The van der Waals surface area contributed by atoms with Crippen LogP contribution in [-0.2, 0) is 35.2 Å². The Kier molecular flexibility index (Phi) is 13.1. The molecule has 0 spiro atoms. The fraction of sp³-hybridized carbons (Fsp3) is 0.483. The van der Waals surface area contributed by atoms with Crippen molar-refractivity contribution in [2.75, 3.05) is 19.6 Å². The number of aromatic nitrogens is 1. The molecule has 1 aromatic heterocycles. The number of H-pyrrole nitrogens is 1. The summed E-state index contributed by atoms with van der Waals surface area (Å²) in [6.45, 7) is -0.102. The maximum Gasteiger partial charge on any atom is 0.305 e. The van der Waals surface area contributed by atoms with Crippen LogP contribution >= 0.6 is 0 Å². The Hall–Kier alpha value is -5.15. The van der Waals surface area contributed by atoms with Crippen LogP contribution in [0.3, 0.4) is 0 Å². The summed E-state index contributed by atoms with van der Waals surface area (Å²) in [4.78, 5) is 83.3. The Balaban J connectivity index is 1.78. The van der Waals surface area contributed by atoms with Crippen LogP contribution in [0.25, 0.3) is 10.9 Å². The van der Waals surface area contributed by atoms with Gasteiger partial charge in [-0.3, -0.25) is 33.8 Å². The highest BCUT2D eigenvalue weighted by Crippen LogP contribution is 2.19. The number of aromatic amines is 1. The molecule has 2 heterocycles. The van der Waals surface area contributed by atoms with Gasteiger partial charge in [0.1, 0.15) is 18.1 Å². The number of carboxylic acid groups (broad SMARTS) is 1. The van der Waals surface area contributed by atoms with Gasteiger partial charge in [0.2, 0.25) is 29.5 Å². The second-order valence-corrected chi connectivity index (χ2v) is 10.7. The average molecular weight is 628 g/mol. The van der Waals surface area contributed by atoms with E-state index < -0.39 is 60.7 Å². The first-order chi connectivity index (χ1) is 21.5. The predicted octanol–water partition coefficient (Wildman–Crippen LogP) is -1.50. The second kappa shape index (κ2) is 17.2. The topological polar surface area (TPSA) is 263 Å². The minimum absolute atomic E-state index is 0.0934. The van der Waals surface area contributed by atoms with Crippen LogP contribution in [0.5, 0.6) is 0 Å². The van der Waals surface area contributed by atoms with Crippen molar-refractivity contribution in [1.29, 1.82) is 0 Å². The number of aliphatic imine (C=N–C) groups is 1. The Morgan fingerprint density at radius 3 is 2.36 bits per heavy atom. The first-order valence-electron chi connectivity index (χ1n) is 14.8. The number of hydrogen-bond acceptors (Lipinski definition) is 7. The number of aliphatic carboxylic acids is 1. The smallest absolute Gasteiger partial charge is 0.305 e. The molecule has 5 amide bonds. The van der Waals surface area contributed by atoms with E-state index in [1.165, 1.54) is 0 Å². The van der Waals surface area contributed by atoms with Gasteiger partial charge in [0.25, 0.3) is 0 Å². The lowest BCUT2D eigenvalue weighted by Gasteiger charge is -2.23. The van der Waals surface area contributed by atoms with E-state index in [1.807, 2.05) is 24.3 Å². The third kappa shape index (κ3) is 11.5. The number of benzene rings is 1. The third-order valence-electron chi connectivity index (χ3n) is 7.16. The minimum atomic E-state index is -1.54. The van der Waals surface area contributed by atoms with Crippen LogP contribution in [0.2, 0.25) is 0 Å². The molecule has 0 radical (unpaired) electrons. The second-order valence-electron chi connectivity index (χ2n) is 10.7. The van der Waals surface area contributed by atoms with Crippen molar-refractivity contribution in [1.82, 2.24) is 31.6 Å². The molecule has 1 aromatic carbocycles. The summed E-state index contributed by atoms with van der Waals surface area (Å²) in [6.07, 6.45) is 3.40. The molecule has 244 valence electrons. The van der Waals surface area contributed by atoms with Gasteiger partial charge in [0.15, 0.2) is 5.96 Å². The zero-order valence-corrected chi connectivity index (χ0v) is 24.9. The molecule has 0 saturated carbocycles. The van der Waals surface area contributed by atoms with Crippen molar-refractivity contribution < 1.29 is 33.9 Å². The molecule has 3 rings (SSSR count). The summed E-state index contributed by atoms with van der Waals surface area (Å²) >= 11 is 0. The molecule has 1 fully saturated rings. The lowest BCUT2D eigenvalue weighted by atomic mass is 10.0. The Morgan fingerprint density at radius 2 is 1.60 bits per heavy atom. The SMILES string of the molecule is NC(N)=NCCC[C@@H]1NC(=O)CCCCCNC(=O)[C@H](Cc2c[nH]c3ccccc23)NC(=O)[C@H](CC(=O)O)NC(=O)CNC1=O. The molecule has 1 aliphatic heterocycles. The van der Waals surface area contributed by atoms with Crippen molar-refractivity contribution in [3.05, 3.63) is 36.0 Å². The van der Waals surface area contributed by atoms with Gasteiger partial charge in [-0.1, -0.05) is 24.6 Å². The van der Waals surface area contributed by atoms with Crippen molar-refractivity contribution in [3.8, 4) is 0 Å². The van der Waals surface area contributed by atoms with Crippen molar-refractivity contribution in [2.45, 2.75) is 69.5 Å². The van der Waals surface area contributed by atoms with E-state index in [-0.39, 0.29) is 44.2 Å². The van der Waals surface area contributed by atoms with Crippen LogP contribution in [0.15, 0.2) is 35.5 Å². The molecule has 16 heteroatoms. The van der Waals surface area contributed by atoms with Gasteiger partial charge < -0.3 is 48.1 Å². The number of carbonyl (C=O) groups excluding carboxylic acids is 5. The molecule has 0 aliphatic carbocycles. The Morgan fingerprint density at radius 1 is 0.867 bits per heavy atom. The van der Waals surface area contributed by atoms with Gasteiger partial charge in [0.05, 0.1) is 13.0 Å². The summed E-state index contributed by atoms with van der Waals surface area (Å²) in [5.41, 5.74) is 12.3. The number of carboxylic acids is 1. The van der Waals surface area contributed by atoms with E-state index in [0.717, 1.165) is 16.5 Å². The number of nitrogens with one attached hydrogen (secondary N) is 6. The number of hydrogen-bond donors (Lipinski definition) is 9. The molecule has 1 aliphatic rings. The van der Waals surface area contributed by atoms with E-state index in [1.54, 1.807) is 6.20 Å². The maximum atomic E-state index is 13.3. The van der Waals surface area contributed by atoms with Gasteiger partial charge in [-0.25, -0.2) is 0 Å². The van der Waals surface area contributed by atoms with Crippen molar-refractivity contribution >= 4 is 52.4 Å². The summed E-state index contributed by atoms with van der Waals surface area (Å²) in [5.74, 6) is -4.68. The molecule has 0 bridgehead atoms. The fourth-order valence-electron chi connectivity index (χ4n) is 4.88. The Labute approximate surface area is 259 Å². The molecule has 2 aromatic rings. The standard InChI is InChI=1S/C29H41N9O7/c30-29(31)33-12-6-9-20-26(43)35-16-24(40)37-22(14-25(41)42)28(45)38-21(13-17-15-34-19-8-4-3-7-18(17)19)27(44)32-11-5-1-2-10-23(39)36-20/h3-4,7-8,15,20-22,34H,1-2,5-6,9-14,16H2,(H,32,44)(H,35,43)(H,36,39)(H,37,40)(H,38,45)(H,41,42)(H4,30,31,33)/t20-,21-,22-/m0/s1. The van der Waals surface area contributed by atoms with Gasteiger partial charge in [0, 0.05) is 43.0 Å². The highest BCUT2D eigenvalue weighted by Gasteiger charge is 2.30. The molecule has 3 atom stereocenters. The highest BCUT2D eigenvalue weighted by molar-refractivity contribution is 5.96. The van der Waals surface area contributed by atoms with E-state index >= 15 is 0 Å². The normalized spacial score (nSPS) is 21.2. The number of guanidine groups is 1. The van der Waals surface area contributed by atoms with Crippen LogP contribution in [-0.4, -0.2) is 89.3 Å². The zero-order chi connectivity index (χ0) is 32.8. The van der Waals surface area contributed by atoms with Crippen LogP contribution in [0.1, 0.15) is 50.5 Å². The first-order valence-corrected chi connectivity index (χ1v) is 14.8. The number of amides is 5. The van der Waals surface area contributed by atoms with Gasteiger partial charge >= 0.3 is 5.97 Å². The summed E-state index contributed by atoms with van der Waals surface area (Å²) in [6, 6.07) is 3.84. The van der Waals surface area contributed by atoms with Crippen molar-refractivity contribution in [3.63, 3.8) is 0 Å². The van der Waals surface area contributed by atoms with E-state index in [0.29, 0.717) is 25.7 Å². The molecule has 16 nitrogen and oxygen atoms in total. The molecular weight excluding hydrogens is 586 g/mol. The number of nitrogens with zero attached hydrogens (tertiary/aromatic N) is 1. The minimum Gasteiger partial charge on any atom is -0.481 e. The predicted molar refractivity (Wildman–Crippen MR) is 164 cm³/mol. The third-order valence-corrected chi connectivity index (χ3v) is 7.16. The van der Waals surface area contributed by atoms with Crippen LogP contribution in [0.4, 0.5) is 0 Å². The molecule has 45 heavy (non-hydrogen) atoms. The van der Waals surface area contributed by atoms with Gasteiger partial charge in [-0.2, -0.15) is 0 Å². The van der Waals surface area contributed by atoms with E-state index in [2.05, 4.69) is 36.6 Å². The summed E-state index contributed by atoms with van der Waals surface area (Å²) in [7, 11) is 0. The van der Waals surface area contributed by atoms with Crippen molar-refractivity contribution in [2.24, 2.45) is 16.5 Å². The maximum absolute atomic E-state index is 13.3. The number of nitrogens with two attached hydrogens (primary N) is 2. The lowest BCUT2D eigenvalue weighted by Crippen LogP contribution is -2.56. The average Bonchev–Trinajstić information content (AvgIpc) is 3.40. The summed E-state index contributed by atoms with van der Waals surface area (Å²) < 4.78 is 0. The lowest BCUT2D eigenvalue weighted by molar-refractivity contribution is -0.141. The van der Waals surface area contributed by atoms with Gasteiger partial charge in [-0.15, -0.1) is 0 Å². The number of carbonyl (C=O) groups is 6. The van der Waals surface area contributed by atoms with Crippen LogP contribution < -0.4 is 38.1 Å². The molecule has 1 saturated heterocycles. The number of rotatable bonds is 8. The molecule has 0 unspecified atom stereocenters. The molecular formula is C29H41N9O7. The molecule has 11 N–H and O–H groups in total. The largest absolute Gasteiger partial charge is 0.481 e. The zero-order valence-electron chi connectivity index (χ0n) is 24.9. The fourth-order valence-corrected chi connectivity index (χ4v) is 4.88. The number of para-hydroxylation sites is 1. The first kappa shape index (κ1) is 34.3. The highest BCUT2D eigenvalue weighted by atomic mass is 16.4. The van der Waals surface area contributed by atoms with Gasteiger partial charge in [-0.05, 0) is 37.3 Å². The van der Waals surface area contributed by atoms with E-state index in [9.17, 15) is 33.9 Å². The van der Waals surface area contributed by atoms with Crippen LogP contribution in [0, 0.1) is 0 Å². The van der Waals surface area contributed by atoms with E-state index in [4.69, 9.17) is 11.5 Å². The quantitative estimate of drug-likeness (QED) is 0.0935. The summed E-state index contributed by atoms with van der Waals surface area (Å²) in [5, 5.41) is 23.1. The Bertz CT molecular complexity index is 1400.